The van der Waals surface area contributed by atoms with Gasteiger partial charge < -0.3 is 15.5 Å². The van der Waals surface area contributed by atoms with Gasteiger partial charge in [0.15, 0.2) is 5.96 Å². The first-order valence-corrected chi connectivity index (χ1v) is 9.84. The van der Waals surface area contributed by atoms with Crippen molar-refractivity contribution in [3.63, 3.8) is 0 Å². The second-order valence-corrected chi connectivity index (χ2v) is 7.79. The van der Waals surface area contributed by atoms with Gasteiger partial charge in [-0.1, -0.05) is 44.2 Å². The third-order valence-corrected chi connectivity index (χ3v) is 4.60. The maximum absolute atomic E-state index is 11.6. The minimum absolute atomic E-state index is 0. The summed E-state index contributed by atoms with van der Waals surface area (Å²) in [6.07, 6.45) is 3.68. The number of guanidine groups is 1. The molecule has 0 saturated carbocycles. The van der Waals surface area contributed by atoms with Crippen molar-refractivity contribution in [3.05, 3.63) is 35.9 Å². The zero-order valence-corrected chi connectivity index (χ0v) is 19.3. The van der Waals surface area contributed by atoms with Gasteiger partial charge in [-0.15, -0.1) is 24.0 Å². The van der Waals surface area contributed by atoms with Crippen LogP contribution in [0.15, 0.2) is 35.3 Å². The molecule has 0 unspecified atom stereocenters. The van der Waals surface area contributed by atoms with Gasteiger partial charge in [-0.3, -0.25) is 9.79 Å². The lowest BCUT2D eigenvalue weighted by Crippen LogP contribution is -2.39. The van der Waals surface area contributed by atoms with Crippen LogP contribution in [0.25, 0.3) is 0 Å². The van der Waals surface area contributed by atoms with Crippen molar-refractivity contribution in [2.45, 2.75) is 46.5 Å². The number of nitrogens with one attached hydrogen (secondary N) is 2. The van der Waals surface area contributed by atoms with E-state index in [0.29, 0.717) is 12.3 Å². The van der Waals surface area contributed by atoms with Crippen LogP contribution in [0, 0.1) is 5.41 Å². The van der Waals surface area contributed by atoms with Crippen LogP contribution < -0.4 is 10.6 Å². The van der Waals surface area contributed by atoms with Crippen molar-refractivity contribution in [1.29, 1.82) is 0 Å². The van der Waals surface area contributed by atoms with Crippen molar-refractivity contribution in [2.75, 3.05) is 32.7 Å². The topological polar surface area (TPSA) is 56.7 Å². The predicted molar refractivity (Wildman–Crippen MR) is 124 cm³/mol. The molecule has 0 spiro atoms. The van der Waals surface area contributed by atoms with Gasteiger partial charge in [0.1, 0.15) is 0 Å². The molecule has 27 heavy (non-hydrogen) atoms. The largest absolute Gasteiger partial charge is 0.357 e. The number of likely N-dealkylation sites (tertiary alicyclic amines) is 1. The normalized spacial score (nSPS) is 14.9. The van der Waals surface area contributed by atoms with Crippen molar-refractivity contribution in [2.24, 2.45) is 10.4 Å². The molecular weight excluding hydrogens is 451 g/mol. The summed E-state index contributed by atoms with van der Waals surface area (Å²) in [4.78, 5) is 18.4. The number of rotatable bonds is 9. The highest BCUT2D eigenvalue weighted by atomic mass is 127. The van der Waals surface area contributed by atoms with Crippen LogP contribution in [-0.2, 0) is 11.2 Å². The molecule has 0 radical (unpaired) electrons. The number of carbonyl (C=O) groups excluding carboxylic acids is 1. The maximum atomic E-state index is 11.6. The van der Waals surface area contributed by atoms with Crippen LogP contribution in [0.4, 0.5) is 0 Å². The van der Waals surface area contributed by atoms with E-state index in [0.717, 1.165) is 57.9 Å². The Balaban J connectivity index is 0.00000364. The highest BCUT2D eigenvalue weighted by Gasteiger charge is 2.20. The van der Waals surface area contributed by atoms with E-state index in [9.17, 15) is 4.79 Å². The monoisotopic (exact) mass is 486 g/mol. The smallest absolute Gasteiger partial charge is 0.222 e. The third kappa shape index (κ3) is 8.95. The second-order valence-electron chi connectivity index (χ2n) is 7.79. The van der Waals surface area contributed by atoms with E-state index >= 15 is 0 Å². The van der Waals surface area contributed by atoms with Gasteiger partial charge in [0.25, 0.3) is 0 Å². The van der Waals surface area contributed by atoms with Crippen LogP contribution in [0.2, 0.25) is 0 Å². The van der Waals surface area contributed by atoms with Crippen molar-refractivity contribution in [3.8, 4) is 0 Å². The Morgan fingerprint density at radius 3 is 2.59 bits per heavy atom. The highest BCUT2D eigenvalue weighted by Crippen LogP contribution is 2.22. The molecule has 1 aromatic carbocycles. The minimum atomic E-state index is 0. The van der Waals surface area contributed by atoms with E-state index in [1.54, 1.807) is 0 Å². The summed E-state index contributed by atoms with van der Waals surface area (Å²) < 4.78 is 0. The molecule has 1 saturated heterocycles. The van der Waals surface area contributed by atoms with Crippen LogP contribution in [-0.4, -0.2) is 49.5 Å². The number of amides is 1. The number of carbonyl (C=O) groups is 1. The maximum Gasteiger partial charge on any atom is 0.222 e. The Kier molecular flexibility index (Phi) is 10.7. The standard InChI is InChI=1S/C21H34N4O.HI/c1-4-22-20(23-13-9-15-25-14-8-12-19(25)26)24-17-21(2,3)16-18-10-6-5-7-11-18;/h5-7,10-11H,4,8-9,12-17H2,1-3H3,(H2,22,23,24);1H. The first-order valence-electron chi connectivity index (χ1n) is 9.84. The second kappa shape index (κ2) is 12.2. The first-order chi connectivity index (χ1) is 12.5. The molecule has 0 bridgehead atoms. The van der Waals surface area contributed by atoms with E-state index in [-0.39, 0.29) is 29.4 Å². The summed E-state index contributed by atoms with van der Waals surface area (Å²) in [6.45, 7) is 10.8. The summed E-state index contributed by atoms with van der Waals surface area (Å²) >= 11 is 0. The van der Waals surface area contributed by atoms with Crippen LogP contribution in [0.1, 0.15) is 45.6 Å². The highest BCUT2D eigenvalue weighted by molar-refractivity contribution is 14.0. The molecule has 1 heterocycles. The lowest BCUT2D eigenvalue weighted by Gasteiger charge is -2.23. The van der Waals surface area contributed by atoms with Gasteiger partial charge in [-0.2, -0.15) is 0 Å². The van der Waals surface area contributed by atoms with Crippen molar-refractivity contribution < 1.29 is 4.79 Å². The first kappa shape index (κ1) is 23.7. The average molecular weight is 486 g/mol. The number of halogens is 1. The summed E-state index contributed by atoms with van der Waals surface area (Å²) in [6, 6.07) is 10.6. The minimum Gasteiger partial charge on any atom is -0.357 e. The molecule has 0 aliphatic carbocycles. The summed E-state index contributed by atoms with van der Waals surface area (Å²) in [7, 11) is 0. The fourth-order valence-electron chi connectivity index (χ4n) is 3.26. The van der Waals surface area contributed by atoms with E-state index in [2.05, 4.69) is 61.7 Å². The SMILES string of the molecule is CCNC(=NCC(C)(C)Cc1ccccc1)NCCCN1CCCC1=O.I. The van der Waals surface area contributed by atoms with Gasteiger partial charge in [0.2, 0.25) is 5.91 Å². The Bertz CT molecular complexity index is 589. The number of hydrogen-bond acceptors (Lipinski definition) is 2. The number of aliphatic imine (C=N–C) groups is 1. The molecule has 0 atom stereocenters. The molecule has 1 aliphatic heterocycles. The summed E-state index contributed by atoms with van der Waals surface area (Å²) in [5, 5.41) is 6.71. The molecule has 0 aromatic heterocycles. The number of benzene rings is 1. The van der Waals surface area contributed by atoms with Gasteiger partial charge in [0.05, 0.1) is 0 Å². The Hall–Kier alpha value is -1.31. The molecule has 1 aliphatic rings. The molecule has 1 aromatic rings. The van der Waals surface area contributed by atoms with Crippen LogP contribution >= 0.6 is 24.0 Å². The summed E-state index contributed by atoms with van der Waals surface area (Å²) in [5.41, 5.74) is 1.45. The molecule has 2 rings (SSSR count). The van der Waals surface area contributed by atoms with Crippen molar-refractivity contribution >= 4 is 35.8 Å². The quantitative estimate of drug-likeness (QED) is 0.243. The van der Waals surface area contributed by atoms with E-state index in [4.69, 9.17) is 4.99 Å². The average Bonchev–Trinajstić information content (AvgIpc) is 3.02. The van der Waals surface area contributed by atoms with Crippen molar-refractivity contribution in [1.82, 2.24) is 15.5 Å². The van der Waals surface area contributed by atoms with Crippen LogP contribution in [0.5, 0.6) is 0 Å². The van der Waals surface area contributed by atoms with Gasteiger partial charge in [-0.05, 0) is 37.2 Å². The molecular formula is C21H35IN4O. The zero-order chi connectivity index (χ0) is 18.8. The summed E-state index contributed by atoms with van der Waals surface area (Å²) in [5.74, 6) is 1.16. The van der Waals surface area contributed by atoms with E-state index in [1.165, 1.54) is 5.56 Å². The Morgan fingerprint density at radius 2 is 1.96 bits per heavy atom. The molecule has 1 fully saturated rings. The van der Waals surface area contributed by atoms with Gasteiger partial charge in [-0.25, -0.2) is 0 Å². The molecule has 2 N–H and O–H groups in total. The predicted octanol–water partition coefficient (Wildman–Crippen LogP) is 3.44. The van der Waals surface area contributed by atoms with E-state index < -0.39 is 0 Å². The Labute approximate surface area is 181 Å². The van der Waals surface area contributed by atoms with E-state index in [1.807, 2.05) is 4.90 Å². The fourth-order valence-corrected chi connectivity index (χ4v) is 3.26. The fraction of sp³-hybridized carbons (Fsp3) is 0.619. The molecule has 6 heteroatoms. The molecule has 5 nitrogen and oxygen atoms in total. The lowest BCUT2D eigenvalue weighted by molar-refractivity contribution is -0.127. The van der Waals surface area contributed by atoms with Gasteiger partial charge in [0, 0.05) is 39.1 Å². The number of nitrogens with zero attached hydrogens (tertiary/aromatic N) is 2. The Morgan fingerprint density at radius 1 is 1.22 bits per heavy atom. The lowest BCUT2D eigenvalue weighted by atomic mass is 9.86. The van der Waals surface area contributed by atoms with Crippen LogP contribution in [0.3, 0.4) is 0 Å². The third-order valence-electron chi connectivity index (χ3n) is 4.60. The molecule has 152 valence electrons. The number of hydrogen-bond donors (Lipinski definition) is 2. The van der Waals surface area contributed by atoms with Gasteiger partial charge >= 0.3 is 0 Å². The molecule has 1 amide bonds. The zero-order valence-electron chi connectivity index (χ0n) is 17.0.